The fraction of sp³-hybridized carbons (Fsp3) is 0.300. The van der Waals surface area contributed by atoms with E-state index in [1.54, 1.807) is 0 Å². The molecular formula is C10H10N2O. The highest BCUT2D eigenvalue weighted by molar-refractivity contribution is 5.54. The van der Waals surface area contributed by atoms with Crippen molar-refractivity contribution >= 4 is 0 Å². The van der Waals surface area contributed by atoms with Crippen molar-refractivity contribution in [3.05, 3.63) is 28.8 Å². The Bertz CT molecular complexity index is 393. The van der Waals surface area contributed by atoms with E-state index in [2.05, 4.69) is 6.07 Å². The van der Waals surface area contributed by atoms with E-state index in [1.807, 2.05) is 19.1 Å². The van der Waals surface area contributed by atoms with Crippen molar-refractivity contribution in [2.45, 2.75) is 13.0 Å². The summed E-state index contributed by atoms with van der Waals surface area (Å²) in [6.45, 7) is 2.39. The van der Waals surface area contributed by atoms with Crippen molar-refractivity contribution in [3.8, 4) is 11.8 Å². The van der Waals surface area contributed by atoms with Crippen LogP contribution in [0.25, 0.3) is 0 Å². The molecule has 0 saturated heterocycles. The second kappa shape index (κ2) is 2.75. The standard InChI is InChI=1S/C10H10N2O/c1-6-2-3-9-10(7(6)4-11)8(12)5-13-9/h2-3,8H,5,12H2,1H3/t8-/m0/s1. The van der Waals surface area contributed by atoms with E-state index in [0.29, 0.717) is 12.2 Å². The van der Waals surface area contributed by atoms with Crippen molar-refractivity contribution in [2.75, 3.05) is 6.61 Å². The van der Waals surface area contributed by atoms with Crippen molar-refractivity contribution < 1.29 is 4.74 Å². The lowest BCUT2D eigenvalue weighted by molar-refractivity contribution is 0.333. The van der Waals surface area contributed by atoms with E-state index in [1.165, 1.54) is 0 Å². The number of ether oxygens (including phenoxy) is 1. The maximum absolute atomic E-state index is 8.94. The van der Waals surface area contributed by atoms with Crippen LogP contribution in [0.2, 0.25) is 0 Å². The quantitative estimate of drug-likeness (QED) is 0.644. The molecule has 0 unspecified atom stereocenters. The van der Waals surface area contributed by atoms with Gasteiger partial charge in [-0.1, -0.05) is 6.07 Å². The third-order valence-corrected chi connectivity index (χ3v) is 2.31. The SMILES string of the molecule is Cc1ccc2c(c1C#N)[C@@H](N)CO2. The molecule has 1 aromatic carbocycles. The highest BCUT2D eigenvalue weighted by Gasteiger charge is 2.24. The van der Waals surface area contributed by atoms with E-state index < -0.39 is 0 Å². The minimum Gasteiger partial charge on any atom is -0.491 e. The first-order chi connectivity index (χ1) is 6.24. The molecule has 1 aliphatic heterocycles. The molecule has 0 fully saturated rings. The predicted molar refractivity (Wildman–Crippen MR) is 48.3 cm³/mol. The van der Waals surface area contributed by atoms with Crippen LogP contribution >= 0.6 is 0 Å². The average Bonchev–Trinajstić information content (AvgIpc) is 2.49. The number of rotatable bonds is 0. The minimum absolute atomic E-state index is 0.149. The first-order valence-corrected chi connectivity index (χ1v) is 4.16. The third-order valence-electron chi connectivity index (χ3n) is 2.31. The van der Waals surface area contributed by atoms with E-state index in [4.69, 9.17) is 15.7 Å². The zero-order valence-electron chi connectivity index (χ0n) is 7.37. The van der Waals surface area contributed by atoms with Crippen molar-refractivity contribution in [2.24, 2.45) is 5.73 Å². The summed E-state index contributed by atoms with van der Waals surface area (Å²) in [5.41, 5.74) is 8.31. The van der Waals surface area contributed by atoms with Crippen LogP contribution in [0.4, 0.5) is 0 Å². The molecule has 13 heavy (non-hydrogen) atoms. The van der Waals surface area contributed by atoms with Gasteiger partial charge in [-0.05, 0) is 18.6 Å². The molecule has 0 bridgehead atoms. The third kappa shape index (κ3) is 1.07. The average molecular weight is 174 g/mol. The first-order valence-electron chi connectivity index (χ1n) is 4.16. The Balaban J connectivity index is 2.69. The second-order valence-electron chi connectivity index (χ2n) is 3.20. The fourth-order valence-corrected chi connectivity index (χ4v) is 1.61. The second-order valence-corrected chi connectivity index (χ2v) is 3.20. The number of nitrogens with zero attached hydrogens (tertiary/aromatic N) is 1. The Morgan fingerprint density at radius 1 is 1.62 bits per heavy atom. The number of benzene rings is 1. The zero-order valence-corrected chi connectivity index (χ0v) is 7.37. The highest BCUT2D eigenvalue weighted by Crippen LogP contribution is 2.34. The fourth-order valence-electron chi connectivity index (χ4n) is 1.61. The van der Waals surface area contributed by atoms with E-state index in [0.717, 1.165) is 16.9 Å². The van der Waals surface area contributed by atoms with E-state index in [-0.39, 0.29) is 6.04 Å². The Morgan fingerprint density at radius 3 is 3.08 bits per heavy atom. The smallest absolute Gasteiger partial charge is 0.125 e. The summed E-state index contributed by atoms with van der Waals surface area (Å²) >= 11 is 0. The van der Waals surface area contributed by atoms with Gasteiger partial charge < -0.3 is 10.5 Å². The topological polar surface area (TPSA) is 59.0 Å². The Hall–Kier alpha value is -1.53. The molecule has 1 atom stereocenters. The van der Waals surface area contributed by atoms with Gasteiger partial charge in [0.05, 0.1) is 17.7 Å². The predicted octanol–water partition coefficient (Wildman–Crippen LogP) is 1.26. The van der Waals surface area contributed by atoms with Crippen LogP contribution in [-0.4, -0.2) is 6.61 Å². The molecule has 1 aromatic rings. The molecule has 0 saturated carbocycles. The maximum atomic E-state index is 8.94. The lowest BCUT2D eigenvalue weighted by Crippen LogP contribution is -2.12. The summed E-state index contributed by atoms with van der Waals surface area (Å²) in [5.74, 6) is 0.759. The van der Waals surface area contributed by atoms with Gasteiger partial charge >= 0.3 is 0 Å². The first kappa shape index (κ1) is 8.09. The largest absolute Gasteiger partial charge is 0.491 e. The molecule has 0 aromatic heterocycles. The van der Waals surface area contributed by atoms with Gasteiger partial charge in [0, 0.05) is 5.56 Å². The molecule has 1 aliphatic rings. The van der Waals surface area contributed by atoms with Gasteiger partial charge in [-0.2, -0.15) is 5.26 Å². The lowest BCUT2D eigenvalue weighted by atomic mass is 9.98. The summed E-state index contributed by atoms with van der Waals surface area (Å²) in [7, 11) is 0. The number of nitriles is 1. The summed E-state index contributed by atoms with van der Waals surface area (Å²) < 4.78 is 5.33. The van der Waals surface area contributed by atoms with Crippen LogP contribution in [0.3, 0.4) is 0 Å². The van der Waals surface area contributed by atoms with Gasteiger partial charge in [0.15, 0.2) is 0 Å². The van der Waals surface area contributed by atoms with Crippen LogP contribution in [0.5, 0.6) is 5.75 Å². The normalized spacial score (nSPS) is 19.0. The van der Waals surface area contributed by atoms with Crippen molar-refractivity contribution in [1.29, 1.82) is 5.26 Å². The molecule has 3 heteroatoms. The molecule has 3 nitrogen and oxygen atoms in total. The van der Waals surface area contributed by atoms with E-state index >= 15 is 0 Å². The van der Waals surface area contributed by atoms with Crippen molar-refractivity contribution in [3.63, 3.8) is 0 Å². The number of fused-ring (bicyclic) bond motifs is 1. The Morgan fingerprint density at radius 2 is 2.38 bits per heavy atom. The minimum atomic E-state index is -0.149. The molecule has 2 N–H and O–H groups in total. The van der Waals surface area contributed by atoms with Gasteiger partial charge in [-0.3, -0.25) is 0 Å². The van der Waals surface area contributed by atoms with Crippen LogP contribution in [0.1, 0.15) is 22.7 Å². The Labute approximate surface area is 76.7 Å². The molecular weight excluding hydrogens is 164 g/mol. The van der Waals surface area contributed by atoms with Gasteiger partial charge in [0.25, 0.3) is 0 Å². The van der Waals surface area contributed by atoms with Crippen LogP contribution in [0.15, 0.2) is 12.1 Å². The molecule has 0 aliphatic carbocycles. The molecule has 0 spiro atoms. The van der Waals surface area contributed by atoms with Crippen LogP contribution < -0.4 is 10.5 Å². The Kier molecular flexibility index (Phi) is 1.71. The lowest BCUT2D eigenvalue weighted by Gasteiger charge is -2.05. The number of hydrogen-bond acceptors (Lipinski definition) is 3. The van der Waals surface area contributed by atoms with Crippen LogP contribution in [-0.2, 0) is 0 Å². The molecule has 2 rings (SSSR count). The highest BCUT2D eigenvalue weighted by atomic mass is 16.5. The molecule has 1 heterocycles. The maximum Gasteiger partial charge on any atom is 0.125 e. The van der Waals surface area contributed by atoms with Gasteiger partial charge in [-0.15, -0.1) is 0 Å². The number of hydrogen-bond donors (Lipinski definition) is 1. The van der Waals surface area contributed by atoms with Gasteiger partial charge in [-0.25, -0.2) is 0 Å². The van der Waals surface area contributed by atoms with Crippen molar-refractivity contribution in [1.82, 2.24) is 0 Å². The summed E-state index contributed by atoms with van der Waals surface area (Å²) in [4.78, 5) is 0. The molecule has 66 valence electrons. The van der Waals surface area contributed by atoms with E-state index in [9.17, 15) is 0 Å². The number of nitrogens with two attached hydrogens (primary N) is 1. The summed E-state index contributed by atoms with van der Waals surface area (Å²) in [6, 6.07) is 5.78. The molecule has 0 radical (unpaired) electrons. The van der Waals surface area contributed by atoms with Gasteiger partial charge in [0.1, 0.15) is 12.4 Å². The van der Waals surface area contributed by atoms with Gasteiger partial charge in [0.2, 0.25) is 0 Å². The zero-order chi connectivity index (χ0) is 9.42. The van der Waals surface area contributed by atoms with Crippen LogP contribution in [0, 0.1) is 18.3 Å². The monoisotopic (exact) mass is 174 g/mol. The summed E-state index contributed by atoms with van der Waals surface area (Å²) in [6.07, 6.45) is 0. The number of aryl methyl sites for hydroxylation is 1. The molecule has 0 amide bonds. The summed E-state index contributed by atoms with van der Waals surface area (Å²) in [5, 5.41) is 8.94.